The molecule has 2 rings (SSSR count). The minimum absolute atomic E-state index is 0.0932. The zero-order chi connectivity index (χ0) is 13.9. The quantitative estimate of drug-likeness (QED) is 0.915. The van der Waals surface area contributed by atoms with Gasteiger partial charge in [-0.3, -0.25) is 4.79 Å². The van der Waals surface area contributed by atoms with Crippen LogP contribution in [0.3, 0.4) is 0 Å². The Morgan fingerprint density at radius 1 is 1.32 bits per heavy atom. The third-order valence-corrected chi connectivity index (χ3v) is 4.71. The van der Waals surface area contributed by atoms with Crippen LogP contribution in [-0.2, 0) is 11.2 Å². The molecule has 1 aromatic rings. The highest BCUT2D eigenvalue weighted by atomic mass is 79.9. The van der Waals surface area contributed by atoms with Crippen LogP contribution in [0.5, 0.6) is 0 Å². The predicted octanol–water partition coefficient (Wildman–Crippen LogP) is 3.75. The molecule has 0 bridgehead atoms. The van der Waals surface area contributed by atoms with Gasteiger partial charge in [-0.2, -0.15) is 0 Å². The second-order valence-electron chi connectivity index (χ2n) is 5.53. The SMILES string of the molecule is NC1(CC(=O)Cc2cccc(F)c2Br)CCCCC1. The molecule has 104 valence electrons. The number of Topliss-reactive ketones (excluding diaryl/α,β-unsaturated/α-hetero) is 1. The van der Waals surface area contributed by atoms with Gasteiger partial charge in [0.2, 0.25) is 0 Å². The molecule has 1 saturated carbocycles. The van der Waals surface area contributed by atoms with E-state index in [4.69, 9.17) is 5.73 Å². The maximum absolute atomic E-state index is 13.4. The first-order valence-corrected chi connectivity index (χ1v) is 7.53. The summed E-state index contributed by atoms with van der Waals surface area (Å²) in [5.74, 6) is -0.235. The van der Waals surface area contributed by atoms with Crippen LogP contribution in [-0.4, -0.2) is 11.3 Å². The number of carbonyl (C=O) groups is 1. The Bertz CT molecular complexity index is 469. The molecular formula is C15H19BrFNO. The molecule has 1 fully saturated rings. The molecule has 2 N–H and O–H groups in total. The Kier molecular flexibility index (Phi) is 4.74. The average molecular weight is 328 g/mol. The van der Waals surface area contributed by atoms with Crippen LogP contribution in [0.25, 0.3) is 0 Å². The molecule has 0 heterocycles. The van der Waals surface area contributed by atoms with Gasteiger partial charge in [0.05, 0.1) is 4.47 Å². The second kappa shape index (κ2) is 6.14. The number of halogens is 2. The minimum Gasteiger partial charge on any atom is -0.325 e. The Morgan fingerprint density at radius 3 is 2.68 bits per heavy atom. The van der Waals surface area contributed by atoms with Crippen LogP contribution in [0.15, 0.2) is 22.7 Å². The van der Waals surface area contributed by atoms with E-state index in [0.717, 1.165) is 25.7 Å². The Morgan fingerprint density at radius 2 is 2.00 bits per heavy atom. The van der Waals surface area contributed by atoms with E-state index in [2.05, 4.69) is 15.9 Å². The topological polar surface area (TPSA) is 43.1 Å². The fraction of sp³-hybridized carbons (Fsp3) is 0.533. The van der Waals surface area contributed by atoms with Gasteiger partial charge >= 0.3 is 0 Å². The molecule has 1 aliphatic carbocycles. The fourth-order valence-electron chi connectivity index (χ4n) is 2.79. The molecule has 0 unspecified atom stereocenters. The monoisotopic (exact) mass is 327 g/mol. The summed E-state index contributed by atoms with van der Waals surface area (Å²) in [5.41, 5.74) is 6.64. The zero-order valence-electron chi connectivity index (χ0n) is 10.9. The molecule has 4 heteroatoms. The standard InChI is InChI=1S/C15H19BrFNO/c16-14-11(5-4-6-13(14)17)9-12(19)10-15(18)7-2-1-3-8-15/h4-6H,1-3,7-10,18H2. The maximum Gasteiger partial charge on any atom is 0.139 e. The average Bonchev–Trinajstić information content (AvgIpc) is 2.35. The van der Waals surface area contributed by atoms with Crippen LogP contribution in [0.1, 0.15) is 44.1 Å². The van der Waals surface area contributed by atoms with Gasteiger partial charge in [-0.15, -0.1) is 0 Å². The molecule has 0 spiro atoms. The van der Waals surface area contributed by atoms with Gasteiger partial charge in [0.15, 0.2) is 0 Å². The van der Waals surface area contributed by atoms with Gasteiger partial charge in [0.25, 0.3) is 0 Å². The molecule has 0 atom stereocenters. The van der Waals surface area contributed by atoms with E-state index in [1.165, 1.54) is 12.5 Å². The van der Waals surface area contributed by atoms with Gasteiger partial charge in [-0.25, -0.2) is 4.39 Å². The molecule has 0 aliphatic heterocycles. The van der Waals surface area contributed by atoms with E-state index in [9.17, 15) is 9.18 Å². The third kappa shape index (κ3) is 3.86. The molecule has 0 saturated heterocycles. The molecule has 1 aliphatic rings. The zero-order valence-corrected chi connectivity index (χ0v) is 12.5. The summed E-state index contributed by atoms with van der Waals surface area (Å²) in [5, 5.41) is 0. The van der Waals surface area contributed by atoms with Crippen molar-refractivity contribution in [3.63, 3.8) is 0 Å². The highest BCUT2D eigenvalue weighted by Gasteiger charge is 2.29. The molecular weight excluding hydrogens is 309 g/mol. The minimum atomic E-state index is -0.338. The van der Waals surface area contributed by atoms with Crippen LogP contribution >= 0.6 is 15.9 Å². The highest BCUT2D eigenvalue weighted by molar-refractivity contribution is 9.10. The fourth-order valence-corrected chi connectivity index (χ4v) is 3.19. The Balaban J connectivity index is 1.99. The summed E-state index contributed by atoms with van der Waals surface area (Å²) in [4.78, 5) is 12.1. The number of ketones is 1. The van der Waals surface area contributed by atoms with E-state index >= 15 is 0 Å². The highest BCUT2D eigenvalue weighted by Crippen LogP contribution is 2.30. The van der Waals surface area contributed by atoms with Gasteiger partial charge in [0, 0.05) is 18.4 Å². The molecule has 19 heavy (non-hydrogen) atoms. The van der Waals surface area contributed by atoms with Gasteiger partial charge in [-0.1, -0.05) is 31.4 Å². The maximum atomic E-state index is 13.4. The molecule has 1 aromatic carbocycles. The molecule has 2 nitrogen and oxygen atoms in total. The first kappa shape index (κ1) is 14.7. The molecule has 0 aromatic heterocycles. The molecule has 0 amide bonds. The normalized spacial score (nSPS) is 18.3. The lowest BCUT2D eigenvalue weighted by molar-refractivity contribution is -0.119. The van der Waals surface area contributed by atoms with Crippen LogP contribution in [0.2, 0.25) is 0 Å². The Labute approximate surface area is 121 Å². The van der Waals surface area contributed by atoms with Crippen molar-refractivity contribution in [2.24, 2.45) is 5.73 Å². The molecule has 0 radical (unpaired) electrons. The first-order valence-electron chi connectivity index (χ1n) is 6.74. The van der Waals surface area contributed by atoms with Crippen LogP contribution < -0.4 is 5.73 Å². The lowest BCUT2D eigenvalue weighted by atomic mass is 9.78. The third-order valence-electron chi connectivity index (χ3n) is 3.82. The van der Waals surface area contributed by atoms with Crippen molar-refractivity contribution in [1.29, 1.82) is 0 Å². The lowest BCUT2D eigenvalue weighted by Crippen LogP contribution is -2.43. The van der Waals surface area contributed by atoms with Crippen LogP contribution in [0, 0.1) is 5.82 Å². The van der Waals surface area contributed by atoms with Crippen molar-refractivity contribution in [2.45, 2.75) is 50.5 Å². The smallest absolute Gasteiger partial charge is 0.139 e. The van der Waals surface area contributed by atoms with Crippen molar-refractivity contribution >= 4 is 21.7 Å². The van der Waals surface area contributed by atoms with E-state index in [1.54, 1.807) is 12.1 Å². The van der Waals surface area contributed by atoms with Crippen molar-refractivity contribution in [3.05, 3.63) is 34.1 Å². The number of carbonyl (C=O) groups excluding carboxylic acids is 1. The largest absolute Gasteiger partial charge is 0.325 e. The van der Waals surface area contributed by atoms with E-state index in [0.29, 0.717) is 16.5 Å². The summed E-state index contributed by atoms with van der Waals surface area (Å²) in [6, 6.07) is 4.78. The van der Waals surface area contributed by atoms with Crippen molar-refractivity contribution < 1.29 is 9.18 Å². The predicted molar refractivity (Wildman–Crippen MR) is 77.4 cm³/mol. The number of nitrogens with two attached hydrogens (primary N) is 1. The van der Waals surface area contributed by atoms with Crippen molar-refractivity contribution in [2.75, 3.05) is 0 Å². The van der Waals surface area contributed by atoms with E-state index in [-0.39, 0.29) is 23.6 Å². The second-order valence-corrected chi connectivity index (χ2v) is 6.32. The summed E-state index contributed by atoms with van der Waals surface area (Å²) in [7, 11) is 0. The summed E-state index contributed by atoms with van der Waals surface area (Å²) in [6.07, 6.45) is 5.91. The summed E-state index contributed by atoms with van der Waals surface area (Å²) in [6.45, 7) is 0. The van der Waals surface area contributed by atoms with Crippen LogP contribution in [0.4, 0.5) is 4.39 Å². The lowest BCUT2D eigenvalue weighted by Gasteiger charge is -2.32. The van der Waals surface area contributed by atoms with Gasteiger partial charge in [-0.05, 0) is 40.4 Å². The van der Waals surface area contributed by atoms with Crippen molar-refractivity contribution in [1.82, 2.24) is 0 Å². The van der Waals surface area contributed by atoms with E-state index < -0.39 is 0 Å². The van der Waals surface area contributed by atoms with Crippen molar-refractivity contribution in [3.8, 4) is 0 Å². The summed E-state index contributed by atoms with van der Waals surface area (Å²) < 4.78 is 13.8. The number of rotatable bonds is 4. The van der Waals surface area contributed by atoms with Gasteiger partial charge < -0.3 is 5.73 Å². The van der Waals surface area contributed by atoms with E-state index in [1.807, 2.05) is 0 Å². The number of benzene rings is 1. The first-order chi connectivity index (χ1) is 9.00. The number of hydrogen-bond donors (Lipinski definition) is 1. The summed E-state index contributed by atoms with van der Waals surface area (Å²) >= 11 is 3.19. The Hall–Kier alpha value is -0.740. The van der Waals surface area contributed by atoms with Gasteiger partial charge in [0.1, 0.15) is 11.6 Å². The number of hydrogen-bond acceptors (Lipinski definition) is 2.